The molecular weight excluding hydrogens is 292 g/mol. The summed E-state index contributed by atoms with van der Waals surface area (Å²) in [5.41, 5.74) is 0.771. The van der Waals surface area contributed by atoms with Crippen LogP contribution in [0.3, 0.4) is 0 Å². The molecule has 1 atom stereocenters. The third-order valence-corrected chi connectivity index (χ3v) is 5.02. The Labute approximate surface area is 137 Å². The van der Waals surface area contributed by atoms with Gasteiger partial charge in [-0.15, -0.1) is 0 Å². The number of phenols is 1. The first kappa shape index (κ1) is 16.3. The molecule has 1 unspecified atom stereocenters. The molecule has 1 aromatic rings. The number of amides is 1. The van der Waals surface area contributed by atoms with Crippen molar-refractivity contribution in [2.24, 2.45) is 0 Å². The summed E-state index contributed by atoms with van der Waals surface area (Å²) in [6, 6.07) is 7.50. The van der Waals surface area contributed by atoms with Crippen molar-refractivity contribution < 1.29 is 14.6 Å². The van der Waals surface area contributed by atoms with Crippen LogP contribution in [-0.4, -0.2) is 59.7 Å². The molecule has 5 nitrogen and oxygen atoms in total. The number of rotatable bonds is 4. The van der Waals surface area contributed by atoms with Crippen LogP contribution >= 0.6 is 0 Å². The van der Waals surface area contributed by atoms with Crippen molar-refractivity contribution in [1.82, 2.24) is 9.80 Å². The van der Waals surface area contributed by atoms with Crippen molar-refractivity contribution in [3.05, 3.63) is 29.8 Å². The van der Waals surface area contributed by atoms with E-state index in [-0.39, 0.29) is 17.7 Å². The van der Waals surface area contributed by atoms with Gasteiger partial charge in [0.25, 0.3) is 0 Å². The molecule has 126 valence electrons. The van der Waals surface area contributed by atoms with Gasteiger partial charge in [-0.2, -0.15) is 0 Å². The van der Waals surface area contributed by atoms with Crippen LogP contribution in [-0.2, 0) is 16.1 Å². The monoisotopic (exact) mass is 318 g/mol. The molecule has 2 aliphatic rings. The Hall–Kier alpha value is -1.59. The van der Waals surface area contributed by atoms with E-state index >= 15 is 0 Å². The molecule has 0 radical (unpaired) electrons. The van der Waals surface area contributed by atoms with Crippen LogP contribution < -0.4 is 0 Å². The number of ether oxygens (including phenoxy) is 1. The van der Waals surface area contributed by atoms with Crippen molar-refractivity contribution in [1.29, 1.82) is 0 Å². The lowest BCUT2D eigenvalue weighted by molar-refractivity contribution is -0.144. The summed E-state index contributed by atoms with van der Waals surface area (Å²) in [5, 5.41) is 9.90. The van der Waals surface area contributed by atoms with Crippen molar-refractivity contribution in [3.63, 3.8) is 0 Å². The number of phenolic OH excluding ortho intramolecular Hbond substituents is 1. The number of benzene rings is 1. The van der Waals surface area contributed by atoms with E-state index in [0.717, 1.165) is 12.1 Å². The lowest BCUT2D eigenvalue weighted by Crippen LogP contribution is -2.56. The molecule has 1 heterocycles. The summed E-state index contributed by atoms with van der Waals surface area (Å²) in [7, 11) is 1.80. The number of aromatic hydroxyl groups is 1. The number of carbonyl (C=O) groups is 1. The number of para-hydroxylation sites is 1. The number of hydrogen-bond donors (Lipinski definition) is 1. The van der Waals surface area contributed by atoms with Gasteiger partial charge < -0.3 is 14.7 Å². The summed E-state index contributed by atoms with van der Waals surface area (Å²) >= 11 is 0. The summed E-state index contributed by atoms with van der Waals surface area (Å²) in [5.74, 6) is 0.319. The van der Waals surface area contributed by atoms with Gasteiger partial charge in [-0.25, -0.2) is 0 Å². The van der Waals surface area contributed by atoms with Gasteiger partial charge in [-0.1, -0.05) is 31.0 Å². The molecular formula is C18H26N2O3. The largest absolute Gasteiger partial charge is 0.508 e. The molecule has 1 aliphatic heterocycles. The zero-order valence-electron chi connectivity index (χ0n) is 13.8. The lowest BCUT2D eigenvalue weighted by Gasteiger charge is -2.40. The quantitative estimate of drug-likeness (QED) is 0.922. The summed E-state index contributed by atoms with van der Waals surface area (Å²) in [6.45, 7) is 2.44. The number of hydrogen-bond acceptors (Lipinski definition) is 4. The maximum absolute atomic E-state index is 12.9. The number of likely N-dealkylation sites (N-methyl/N-ethyl adjacent to an activating group) is 1. The van der Waals surface area contributed by atoms with Gasteiger partial charge in [0, 0.05) is 31.7 Å². The van der Waals surface area contributed by atoms with Gasteiger partial charge in [-0.05, 0) is 18.9 Å². The molecule has 5 heteroatoms. The maximum Gasteiger partial charge on any atom is 0.242 e. The molecule has 1 saturated carbocycles. The minimum atomic E-state index is -0.192. The van der Waals surface area contributed by atoms with Crippen LogP contribution in [0.1, 0.15) is 31.2 Å². The Bertz CT molecular complexity index is 543. The average Bonchev–Trinajstić information content (AvgIpc) is 3.10. The van der Waals surface area contributed by atoms with Crippen LogP contribution in [0.25, 0.3) is 0 Å². The fourth-order valence-corrected chi connectivity index (χ4v) is 3.73. The highest BCUT2D eigenvalue weighted by molar-refractivity contribution is 5.82. The second-order valence-electron chi connectivity index (χ2n) is 6.59. The van der Waals surface area contributed by atoms with E-state index in [4.69, 9.17) is 4.74 Å². The van der Waals surface area contributed by atoms with Gasteiger partial charge in [-0.3, -0.25) is 9.69 Å². The molecule has 1 aliphatic carbocycles. The van der Waals surface area contributed by atoms with Crippen molar-refractivity contribution in [2.45, 2.75) is 44.3 Å². The van der Waals surface area contributed by atoms with Gasteiger partial charge in [0.05, 0.1) is 13.2 Å². The molecule has 0 bridgehead atoms. The highest BCUT2D eigenvalue weighted by atomic mass is 16.5. The third kappa shape index (κ3) is 3.67. The summed E-state index contributed by atoms with van der Waals surface area (Å²) in [6.07, 6.45) is 4.90. The Morgan fingerprint density at radius 1 is 1.35 bits per heavy atom. The SMILES string of the molecule is CN(Cc1ccccc1O)C(=O)C1COCCN1C1CCCC1. The summed E-state index contributed by atoms with van der Waals surface area (Å²) in [4.78, 5) is 17.0. The minimum absolute atomic E-state index is 0.0832. The molecule has 1 amide bonds. The Morgan fingerprint density at radius 2 is 2.09 bits per heavy atom. The lowest BCUT2D eigenvalue weighted by atomic mass is 10.1. The average molecular weight is 318 g/mol. The first-order valence-electron chi connectivity index (χ1n) is 8.52. The van der Waals surface area contributed by atoms with Gasteiger partial charge in [0.2, 0.25) is 5.91 Å². The molecule has 1 saturated heterocycles. The van der Waals surface area contributed by atoms with Crippen molar-refractivity contribution in [3.8, 4) is 5.75 Å². The molecule has 0 aromatic heterocycles. The first-order valence-corrected chi connectivity index (χ1v) is 8.52. The van der Waals surface area contributed by atoms with Gasteiger partial charge >= 0.3 is 0 Å². The fraction of sp³-hybridized carbons (Fsp3) is 0.611. The van der Waals surface area contributed by atoms with Gasteiger partial charge in [0.15, 0.2) is 0 Å². The van der Waals surface area contributed by atoms with E-state index in [1.54, 1.807) is 24.1 Å². The predicted molar refractivity (Wildman–Crippen MR) is 88.1 cm³/mol. The third-order valence-electron chi connectivity index (χ3n) is 5.02. The van der Waals surface area contributed by atoms with Crippen molar-refractivity contribution in [2.75, 3.05) is 26.8 Å². The Kier molecular flexibility index (Phi) is 5.18. The Balaban J connectivity index is 1.68. The molecule has 1 N–H and O–H groups in total. The predicted octanol–water partition coefficient (Wildman–Crippen LogP) is 1.99. The standard InChI is InChI=1S/C18H26N2O3/c1-19(12-14-6-2-5-9-17(14)21)18(22)16-13-23-11-10-20(16)15-7-3-4-8-15/h2,5-6,9,15-16,21H,3-4,7-8,10-13H2,1H3. The second-order valence-corrected chi connectivity index (χ2v) is 6.59. The van der Waals surface area contributed by atoms with E-state index in [2.05, 4.69) is 4.90 Å². The highest BCUT2D eigenvalue weighted by Crippen LogP contribution is 2.27. The summed E-state index contributed by atoms with van der Waals surface area (Å²) < 4.78 is 5.58. The normalized spacial score (nSPS) is 23.1. The molecule has 0 spiro atoms. The van der Waals surface area contributed by atoms with Crippen LogP contribution in [0.4, 0.5) is 0 Å². The number of carbonyl (C=O) groups excluding carboxylic acids is 1. The first-order chi connectivity index (χ1) is 11.2. The Morgan fingerprint density at radius 3 is 2.83 bits per heavy atom. The highest BCUT2D eigenvalue weighted by Gasteiger charge is 2.36. The zero-order chi connectivity index (χ0) is 16.2. The fourth-order valence-electron chi connectivity index (χ4n) is 3.73. The molecule has 2 fully saturated rings. The maximum atomic E-state index is 12.9. The second kappa shape index (κ2) is 7.32. The van der Waals surface area contributed by atoms with Crippen molar-refractivity contribution >= 4 is 5.91 Å². The smallest absolute Gasteiger partial charge is 0.242 e. The van der Waals surface area contributed by atoms with Crippen LogP contribution in [0.5, 0.6) is 5.75 Å². The van der Waals surface area contributed by atoms with Crippen LogP contribution in [0, 0.1) is 0 Å². The zero-order valence-corrected chi connectivity index (χ0v) is 13.8. The van der Waals surface area contributed by atoms with Gasteiger partial charge in [0.1, 0.15) is 11.8 Å². The molecule has 1 aromatic carbocycles. The topological polar surface area (TPSA) is 53.0 Å². The van der Waals surface area contributed by atoms with E-state index in [9.17, 15) is 9.90 Å². The van der Waals surface area contributed by atoms with E-state index in [0.29, 0.717) is 25.8 Å². The van der Waals surface area contributed by atoms with Crippen LogP contribution in [0.15, 0.2) is 24.3 Å². The molecule has 3 rings (SSSR count). The van der Waals surface area contributed by atoms with E-state index < -0.39 is 0 Å². The number of morpholine rings is 1. The minimum Gasteiger partial charge on any atom is -0.508 e. The van der Waals surface area contributed by atoms with E-state index in [1.807, 2.05) is 12.1 Å². The number of nitrogens with zero attached hydrogens (tertiary/aromatic N) is 2. The van der Waals surface area contributed by atoms with E-state index in [1.165, 1.54) is 25.7 Å². The molecule has 23 heavy (non-hydrogen) atoms. The van der Waals surface area contributed by atoms with Crippen LogP contribution in [0.2, 0.25) is 0 Å².